The average molecular weight is 391 g/mol. The lowest BCUT2D eigenvalue weighted by Gasteiger charge is -2.31. The second kappa shape index (κ2) is 8.04. The number of halogens is 3. The van der Waals surface area contributed by atoms with Gasteiger partial charge in [-0.25, -0.2) is 0 Å². The van der Waals surface area contributed by atoms with Crippen molar-refractivity contribution in [2.75, 3.05) is 20.2 Å². The van der Waals surface area contributed by atoms with Crippen LogP contribution < -0.4 is 0 Å². The summed E-state index contributed by atoms with van der Waals surface area (Å²) in [6, 6.07) is 11.6. The van der Waals surface area contributed by atoms with Crippen molar-refractivity contribution in [3.8, 4) is 11.1 Å². The van der Waals surface area contributed by atoms with Gasteiger partial charge in [0.1, 0.15) is 0 Å². The van der Waals surface area contributed by atoms with Gasteiger partial charge in [-0.3, -0.25) is 9.59 Å². The first-order chi connectivity index (χ1) is 13.3. The predicted octanol–water partition coefficient (Wildman–Crippen LogP) is 4.40. The van der Waals surface area contributed by atoms with Crippen molar-refractivity contribution < 1.29 is 27.5 Å². The van der Waals surface area contributed by atoms with Gasteiger partial charge >= 0.3 is 12.1 Å². The lowest BCUT2D eigenvalue weighted by molar-refractivity contribution is -0.146. The third-order valence-corrected chi connectivity index (χ3v) is 5.00. The summed E-state index contributed by atoms with van der Waals surface area (Å²) < 4.78 is 43.1. The first kappa shape index (κ1) is 19.9. The van der Waals surface area contributed by atoms with Crippen LogP contribution in [0.4, 0.5) is 13.2 Å². The molecule has 3 rings (SSSR count). The molecule has 0 N–H and O–H groups in total. The Morgan fingerprint density at radius 1 is 1.00 bits per heavy atom. The Kier molecular flexibility index (Phi) is 5.72. The van der Waals surface area contributed by atoms with E-state index in [-0.39, 0.29) is 17.8 Å². The van der Waals surface area contributed by atoms with E-state index < -0.39 is 11.7 Å². The van der Waals surface area contributed by atoms with Gasteiger partial charge in [0, 0.05) is 18.7 Å². The van der Waals surface area contributed by atoms with Crippen LogP contribution in [0.1, 0.15) is 28.8 Å². The molecule has 0 atom stereocenters. The zero-order valence-corrected chi connectivity index (χ0v) is 15.3. The molecule has 1 amide bonds. The number of alkyl halides is 3. The van der Waals surface area contributed by atoms with Gasteiger partial charge in [-0.15, -0.1) is 0 Å². The van der Waals surface area contributed by atoms with Crippen LogP contribution in [0.3, 0.4) is 0 Å². The van der Waals surface area contributed by atoms with Crippen molar-refractivity contribution in [2.24, 2.45) is 5.92 Å². The van der Waals surface area contributed by atoms with Crippen molar-refractivity contribution in [2.45, 2.75) is 19.0 Å². The fraction of sp³-hybridized carbons (Fsp3) is 0.333. The minimum absolute atomic E-state index is 0.196. The van der Waals surface area contributed by atoms with Gasteiger partial charge in [0.05, 0.1) is 18.6 Å². The van der Waals surface area contributed by atoms with E-state index >= 15 is 0 Å². The van der Waals surface area contributed by atoms with E-state index in [9.17, 15) is 22.8 Å². The van der Waals surface area contributed by atoms with Crippen LogP contribution in [0.5, 0.6) is 0 Å². The summed E-state index contributed by atoms with van der Waals surface area (Å²) in [5.41, 5.74) is 0.821. The maximum atomic E-state index is 13.0. The number of hydrogen-bond donors (Lipinski definition) is 0. The number of hydrogen-bond acceptors (Lipinski definition) is 3. The molecule has 0 radical (unpaired) electrons. The second-order valence-corrected chi connectivity index (χ2v) is 6.71. The third-order valence-electron chi connectivity index (χ3n) is 5.00. The van der Waals surface area contributed by atoms with E-state index in [0.717, 1.165) is 12.1 Å². The van der Waals surface area contributed by atoms with E-state index in [1.165, 1.54) is 19.2 Å². The zero-order chi connectivity index (χ0) is 20.3. The SMILES string of the molecule is COC(=O)C1CCN(C(=O)c2ccccc2-c2ccc(C(F)(F)F)cc2)CC1. The fourth-order valence-corrected chi connectivity index (χ4v) is 3.42. The maximum Gasteiger partial charge on any atom is 0.416 e. The Hall–Kier alpha value is -2.83. The van der Waals surface area contributed by atoms with E-state index in [0.29, 0.717) is 42.6 Å². The Labute approximate surface area is 160 Å². The number of rotatable bonds is 3. The van der Waals surface area contributed by atoms with Crippen LogP contribution >= 0.6 is 0 Å². The smallest absolute Gasteiger partial charge is 0.416 e. The van der Waals surface area contributed by atoms with E-state index in [4.69, 9.17) is 4.74 Å². The number of likely N-dealkylation sites (tertiary alicyclic amines) is 1. The summed E-state index contributed by atoms with van der Waals surface area (Å²) in [6.45, 7) is 0.861. The summed E-state index contributed by atoms with van der Waals surface area (Å²) in [5.74, 6) is -0.671. The van der Waals surface area contributed by atoms with Gasteiger partial charge in [-0.2, -0.15) is 13.2 Å². The number of esters is 1. The summed E-state index contributed by atoms with van der Waals surface area (Å²) in [5, 5.41) is 0. The minimum Gasteiger partial charge on any atom is -0.469 e. The number of nitrogens with zero attached hydrogens (tertiary/aromatic N) is 1. The molecule has 148 valence electrons. The molecule has 0 aromatic heterocycles. The van der Waals surface area contributed by atoms with E-state index in [1.54, 1.807) is 29.2 Å². The molecular weight excluding hydrogens is 371 g/mol. The summed E-state index contributed by atoms with van der Waals surface area (Å²) in [4.78, 5) is 26.3. The molecule has 1 aliphatic rings. The topological polar surface area (TPSA) is 46.6 Å². The minimum atomic E-state index is -4.40. The average Bonchev–Trinajstić information content (AvgIpc) is 2.72. The number of ether oxygens (including phenoxy) is 1. The van der Waals surface area contributed by atoms with Gasteiger partial charge < -0.3 is 9.64 Å². The van der Waals surface area contributed by atoms with Crippen LogP contribution in [-0.2, 0) is 15.7 Å². The first-order valence-corrected chi connectivity index (χ1v) is 8.95. The number of carbonyl (C=O) groups is 2. The van der Waals surface area contributed by atoms with E-state index in [2.05, 4.69) is 0 Å². The quantitative estimate of drug-likeness (QED) is 0.729. The lowest BCUT2D eigenvalue weighted by atomic mass is 9.94. The Balaban J connectivity index is 1.81. The standard InChI is InChI=1S/C21H20F3NO3/c1-28-20(27)15-10-12-25(13-11-15)19(26)18-5-3-2-4-17(18)14-6-8-16(9-7-14)21(22,23)24/h2-9,15H,10-13H2,1H3. The van der Waals surface area contributed by atoms with Crippen LogP contribution in [0.25, 0.3) is 11.1 Å². The van der Waals surface area contributed by atoms with Crippen molar-refractivity contribution >= 4 is 11.9 Å². The van der Waals surface area contributed by atoms with Crippen LogP contribution in [-0.4, -0.2) is 37.0 Å². The number of carbonyl (C=O) groups excluding carboxylic acids is 2. The van der Waals surface area contributed by atoms with Crippen molar-refractivity contribution in [3.63, 3.8) is 0 Å². The molecule has 0 spiro atoms. The molecule has 28 heavy (non-hydrogen) atoms. The van der Waals surface area contributed by atoms with Gasteiger partial charge in [0.2, 0.25) is 0 Å². The Morgan fingerprint density at radius 3 is 2.18 bits per heavy atom. The number of piperidine rings is 1. The zero-order valence-electron chi connectivity index (χ0n) is 15.3. The molecule has 2 aromatic carbocycles. The van der Waals surface area contributed by atoms with Crippen molar-refractivity contribution in [1.82, 2.24) is 4.90 Å². The molecule has 0 bridgehead atoms. The van der Waals surface area contributed by atoms with Gasteiger partial charge in [0.15, 0.2) is 0 Å². The van der Waals surface area contributed by atoms with Crippen molar-refractivity contribution in [1.29, 1.82) is 0 Å². The third kappa shape index (κ3) is 4.18. The Bertz CT molecular complexity index is 854. The van der Waals surface area contributed by atoms with Gasteiger partial charge in [-0.05, 0) is 42.2 Å². The molecule has 1 saturated heterocycles. The highest BCUT2D eigenvalue weighted by atomic mass is 19.4. The molecule has 2 aromatic rings. The van der Waals surface area contributed by atoms with Crippen LogP contribution in [0, 0.1) is 5.92 Å². The Morgan fingerprint density at radius 2 is 1.61 bits per heavy atom. The molecule has 1 fully saturated rings. The molecule has 0 aliphatic carbocycles. The molecule has 1 aliphatic heterocycles. The highest BCUT2D eigenvalue weighted by Gasteiger charge is 2.31. The molecule has 0 saturated carbocycles. The molecule has 0 unspecified atom stereocenters. The molecular formula is C21H20F3NO3. The fourth-order valence-electron chi connectivity index (χ4n) is 3.42. The maximum absolute atomic E-state index is 13.0. The highest BCUT2D eigenvalue weighted by molar-refractivity contribution is 6.01. The first-order valence-electron chi connectivity index (χ1n) is 8.95. The van der Waals surface area contributed by atoms with Crippen LogP contribution in [0.15, 0.2) is 48.5 Å². The summed E-state index contributed by atoms with van der Waals surface area (Å²) >= 11 is 0. The number of methoxy groups -OCH3 is 1. The predicted molar refractivity (Wildman–Crippen MR) is 97.5 cm³/mol. The number of amides is 1. The normalized spacial score (nSPS) is 15.4. The van der Waals surface area contributed by atoms with Gasteiger partial charge in [0.25, 0.3) is 5.91 Å². The van der Waals surface area contributed by atoms with Crippen molar-refractivity contribution in [3.05, 3.63) is 59.7 Å². The highest BCUT2D eigenvalue weighted by Crippen LogP contribution is 2.32. The summed E-state index contributed by atoms with van der Waals surface area (Å²) in [6.07, 6.45) is -3.35. The number of benzene rings is 2. The largest absolute Gasteiger partial charge is 0.469 e. The monoisotopic (exact) mass is 391 g/mol. The van der Waals surface area contributed by atoms with Crippen LogP contribution in [0.2, 0.25) is 0 Å². The second-order valence-electron chi connectivity index (χ2n) is 6.71. The van der Waals surface area contributed by atoms with Gasteiger partial charge in [-0.1, -0.05) is 30.3 Å². The lowest BCUT2D eigenvalue weighted by Crippen LogP contribution is -2.40. The summed E-state index contributed by atoms with van der Waals surface area (Å²) in [7, 11) is 1.35. The van der Waals surface area contributed by atoms with E-state index in [1.807, 2.05) is 0 Å². The molecule has 4 nitrogen and oxygen atoms in total. The molecule has 7 heteroatoms. The molecule has 1 heterocycles.